The fourth-order valence-electron chi connectivity index (χ4n) is 2.84. The van der Waals surface area contributed by atoms with E-state index in [1.165, 1.54) is 0 Å². The third kappa shape index (κ3) is 2.62. The van der Waals surface area contributed by atoms with Crippen LogP contribution in [0, 0.1) is 6.92 Å². The number of aromatic nitrogens is 4. The molecule has 1 aliphatic heterocycles. The number of para-hydroxylation sites is 1. The van der Waals surface area contributed by atoms with E-state index in [0.29, 0.717) is 24.7 Å². The van der Waals surface area contributed by atoms with Crippen LogP contribution in [0.25, 0.3) is 0 Å². The number of fused-ring (bicyclic) bond motifs is 1. The zero-order valence-corrected chi connectivity index (χ0v) is 13.1. The fourth-order valence-corrected chi connectivity index (χ4v) is 2.84. The lowest BCUT2D eigenvalue weighted by molar-refractivity contribution is 0.155. The van der Waals surface area contributed by atoms with Crippen molar-refractivity contribution in [2.45, 2.75) is 25.9 Å². The molecule has 0 bridgehead atoms. The number of hydrogen-bond acceptors (Lipinski definition) is 5. The molecule has 3 aromatic rings. The average Bonchev–Trinajstić information content (AvgIpc) is 3.22. The molecule has 2 amide bonds. The van der Waals surface area contributed by atoms with Gasteiger partial charge in [-0.3, -0.25) is 0 Å². The van der Waals surface area contributed by atoms with Crippen LogP contribution in [0.15, 0.2) is 41.2 Å². The van der Waals surface area contributed by atoms with Crippen molar-refractivity contribution in [2.75, 3.05) is 5.32 Å². The average molecular weight is 324 g/mol. The summed E-state index contributed by atoms with van der Waals surface area (Å²) in [6.07, 6.45) is 2.17. The largest absolute Gasteiger partial charge is 0.347 e. The van der Waals surface area contributed by atoms with Gasteiger partial charge in [0.15, 0.2) is 5.82 Å². The van der Waals surface area contributed by atoms with Gasteiger partial charge in [-0.1, -0.05) is 23.4 Å². The van der Waals surface area contributed by atoms with E-state index < -0.39 is 0 Å². The van der Waals surface area contributed by atoms with E-state index in [4.69, 9.17) is 4.52 Å². The predicted molar refractivity (Wildman–Crippen MR) is 85.1 cm³/mol. The van der Waals surface area contributed by atoms with Crippen LogP contribution in [-0.4, -0.2) is 31.0 Å². The van der Waals surface area contributed by atoms with Crippen LogP contribution in [0.2, 0.25) is 0 Å². The minimum atomic E-state index is -0.342. The summed E-state index contributed by atoms with van der Waals surface area (Å²) in [6, 6.07) is 8.77. The summed E-state index contributed by atoms with van der Waals surface area (Å²) >= 11 is 0. The Bertz CT molecular complexity index is 856. The van der Waals surface area contributed by atoms with E-state index in [1.807, 2.05) is 30.3 Å². The van der Waals surface area contributed by atoms with Gasteiger partial charge in [0.1, 0.15) is 6.04 Å². The molecule has 0 spiro atoms. The Balaban J connectivity index is 1.64. The van der Waals surface area contributed by atoms with Gasteiger partial charge in [0.25, 0.3) is 0 Å². The van der Waals surface area contributed by atoms with E-state index in [9.17, 15) is 4.79 Å². The first-order valence-corrected chi connectivity index (χ1v) is 7.64. The maximum absolute atomic E-state index is 12.8. The molecular weight excluding hydrogens is 308 g/mol. The SMILES string of the molecule is Cc1noc([C@@H]2Cc3nc[nH]c3CN2C(=O)Nc2ccccc2)n1. The van der Waals surface area contributed by atoms with Gasteiger partial charge >= 0.3 is 6.03 Å². The topological polar surface area (TPSA) is 99.9 Å². The summed E-state index contributed by atoms with van der Waals surface area (Å²) in [5.74, 6) is 0.964. The van der Waals surface area contributed by atoms with Crippen LogP contribution >= 0.6 is 0 Å². The van der Waals surface area contributed by atoms with E-state index in [2.05, 4.69) is 25.4 Å². The van der Waals surface area contributed by atoms with Gasteiger partial charge in [0.2, 0.25) is 5.89 Å². The highest BCUT2D eigenvalue weighted by molar-refractivity contribution is 5.89. The Morgan fingerprint density at radius 3 is 2.96 bits per heavy atom. The molecule has 0 fully saturated rings. The van der Waals surface area contributed by atoms with Gasteiger partial charge in [0, 0.05) is 12.1 Å². The third-order valence-electron chi connectivity index (χ3n) is 4.01. The number of carbonyl (C=O) groups is 1. The van der Waals surface area contributed by atoms with Crippen LogP contribution in [0.1, 0.15) is 29.1 Å². The van der Waals surface area contributed by atoms with Crippen molar-refractivity contribution < 1.29 is 9.32 Å². The molecule has 1 aromatic carbocycles. The Morgan fingerprint density at radius 2 is 2.21 bits per heavy atom. The number of rotatable bonds is 2. The fraction of sp³-hybridized carbons (Fsp3) is 0.250. The van der Waals surface area contributed by atoms with Crippen LogP contribution in [0.4, 0.5) is 10.5 Å². The lowest BCUT2D eigenvalue weighted by Crippen LogP contribution is -2.41. The highest BCUT2D eigenvalue weighted by Crippen LogP contribution is 2.31. The number of anilines is 1. The van der Waals surface area contributed by atoms with Gasteiger partial charge in [-0.25, -0.2) is 9.78 Å². The van der Waals surface area contributed by atoms with Crippen LogP contribution in [0.3, 0.4) is 0 Å². The molecule has 1 aliphatic rings. The lowest BCUT2D eigenvalue weighted by Gasteiger charge is -2.32. The van der Waals surface area contributed by atoms with Crippen molar-refractivity contribution >= 4 is 11.7 Å². The normalized spacial score (nSPS) is 16.7. The summed E-state index contributed by atoms with van der Waals surface area (Å²) in [6.45, 7) is 2.16. The maximum atomic E-state index is 12.8. The van der Waals surface area contributed by atoms with E-state index in [-0.39, 0.29) is 12.1 Å². The molecule has 8 heteroatoms. The third-order valence-corrected chi connectivity index (χ3v) is 4.01. The number of aromatic amines is 1. The van der Waals surface area contributed by atoms with E-state index in [1.54, 1.807) is 18.2 Å². The Morgan fingerprint density at radius 1 is 1.38 bits per heavy atom. The molecule has 122 valence electrons. The number of nitrogens with zero attached hydrogens (tertiary/aromatic N) is 4. The number of H-pyrrole nitrogens is 1. The number of nitrogens with one attached hydrogen (secondary N) is 2. The van der Waals surface area contributed by atoms with Gasteiger partial charge in [0.05, 0.1) is 24.3 Å². The second-order valence-corrected chi connectivity index (χ2v) is 5.65. The standard InChI is InChI=1S/C16H16N6O2/c1-10-19-15(24-21-10)14-7-12-13(18-9-17-12)8-22(14)16(23)20-11-5-3-2-4-6-11/h2-6,9,14H,7-8H2,1H3,(H,17,18)(H,20,23)/t14-/m0/s1. The van der Waals surface area contributed by atoms with Crippen molar-refractivity contribution in [3.05, 3.63) is 59.8 Å². The molecule has 2 N–H and O–H groups in total. The van der Waals surface area contributed by atoms with Gasteiger partial charge in [-0.2, -0.15) is 4.98 Å². The highest BCUT2D eigenvalue weighted by atomic mass is 16.5. The van der Waals surface area contributed by atoms with E-state index in [0.717, 1.165) is 17.1 Å². The molecule has 4 rings (SSSR count). The summed E-state index contributed by atoms with van der Waals surface area (Å²) in [7, 11) is 0. The van der Waals surface area contributed by atoms with Crippen molar-refractivity contribution in [2.24, 2.45) is 0 Å². The number of carbonyl (C=O) groups excluding carboxylic acids is 1. The molecular formula is C16H16N6O2. The first-order valence-electron chi connectivity index (χ1n) is 7.64. The minimum absolute atomic E-state index is 0.220. The summed E-state index contributed by atoms with van der Waals surface area (Å²) in [5, 5.41) is 6.74. The Kier molecular flexibility index (Phi) is 3.49. The van der Waals surface area contributed by atoms with Crippen molar-refractivity contribution in [3.8, 4) is 0 Å². The molecule has 0 unspecified atom stereocenters. The molecule has 24 heavy (non-hydrogen) atoms. The Hall–Kier alpha value is -3.16. The smallest absolute Gasteiger partial charge is 0.322 e. The minimum Gasteiger partial charge on any atom is -0.347 e. The van der Waals surface area contributed by atoms with Crippen LogP contribution in [-0.2, 0) is 13.0 Å². The molecule has 2 aromatic heterocycles. The van der Waals surface area contributed by atoms with Crippen molar-refractivity contribution in [3.63, 3.8) is 0 Å². The Labute approximate surface area is 137 Å². The first-order chi connectivity index (χ1) is 11.7. The summed E-state index contributed by atoms with van der Waals surface area (Å²) < 4.78 is 5.31. The second kappa shape index (κ2) is 5.80. The molecule has 0 aliphatic carbocycles. The molecule has 3 heterocycles. The monoisotopic (exact) mass is 324 g/mol. The quantitative estimate of drug-likeness (QED) is 0.754. The number of imidazole rings is 1. The first kappa shape index (κ1) is 14.4. The van der Waals surface area contributed by atoms with Crippen molar-refractivity contribution in [1.29, 1.82) is 0 Å². The molecule has 1 atom stereocenters. The highest BCUT2D eigenvalue weighted by Gasteiger charge is 2.35. The summed E-state index contributed by atoms with van der Waals surface area (Å²) in [5.41, 5.74) is 2.57. The van der Waals surface area contributed by atoms with Crippen molar-refractivity contribution in [1.82, 2.24) is 25.0 Å². The maximum Gasteiger partial charge on any atom is 0.322 e. The summed E-state index contributed by atoms with van der Waals surface area (Å²) in [4.78, 5) is 26.2. The molecule has 0 radical (unpaired) electrons. The number of urea groups is 1. The predicted octanol–water partition coefficient (Wildman–Crippen LogP) is 2.43. The van der Waals surface area contributed by atoms with Gasteiger partial charge in [-0.15, -0.1) is 0 Å². The van der Waals surface area contributed by atoms with Crippen LogP contribution < -0.4 is 5.32 Å². The van der Waals surface area contributed by atoms with E-state index >= 15 is 0 Å². The van der Waals surface area contributed by atoms with Gasteiger partial charge < -0.3 is 19.7 Å². The van der Waals surface area contributed by atoms with Gasteiger partial charge in [-0.05, 0) is 19.1 Å². The lowest BCUT2D eigenvalue weighted by atomic mass is 10.0. The number of aryl methyl sites for hydroxylation is 1. The van der Waals surface area contributed by atoms with Crippen LogP contribution in [0.5, 0.6) is 0 Å². The zero-order chi connectivity index (χ0) is 16.5. The number of benzene rings is 1. The molecule has 0 saturated carbocycles. The number of amides is 2. The number of hydrogen-bond donors (Lipinski definition) is 2. The second-order valence-electron chi connectivity index (χ2n) is 5.65. The zero-order valence-electron chi connectivity index (χ0n) is 13.1. The molecule has 0 saturated heterocycles. The molecule has 8 nitrogen and oxygen atoms in total.